The molecule has 1 heterocycles. The highest BCUT2D eigenvalue weighted by atomic mass is 16.5. The topological polar surface area (TPSA) is 56.2 Å². The second-order valence-corrected chi connectivity index (χ2v) is 6.34. The van der Waals surface area contributed by atoms with Crippen LogP contribution in [0.1, 0.15) is 0 Å². The van der Waals surface area contributed by atoms with Gasteiger partial charge in [-0.25, -0.2) is 0 Å². The molecule has 130 valence electrons. The van der Waals surface area contributed by atoms with Gasteiger partial charge in [-0.2, -0.15) is 0 Å². The van der Waals surface area contributed by atoms with E-state index in [1.807, 2.05) is 30.3 Å². The van der Waals surface area contributed by atoms with E-state index in [-0.39, 0.29) is 6.61 Å². The van der Waals surface area contributed by atoms with E-state index < -0.39 is 6.10 Å². The van der Waals surface area contributed by atoms with Gasteiger partial charge in [0, 0.05) is 39.3 Å². The minimum absolute atomic E-state index is 0.211. The zero-order valence-electron chi connectivity index (χ0n) is 14.0. The Morgan fingerprint density at radius 2 is 1.67 bits per heavy atom. The van der Waals surface area contributed by atoms with E-state index in [0.29, 0.717) is 13.2 Å². The van der Waals surface area contributed by atoms with Gasteiger partial charge in [0.15, 0.2) is 0 Å². The van der Waals surface area contributed by atoms with Gasteiger partial charge in [0.05, 0.1) is 6.61 Å². The Hall–Kier alpha value is -1.66. The Morgan fingerprint density at radius 1 is 0.958 bits per heavy atom. The lowest BCUT2D eigenvalue weighted by Gasteiger charge is -2.35. The molecule has 0 radical (unpaired) electrons. The molecule has 3 rings (SSSR count). The van der Waals surface area contributed by atoms with Gasteiger partial charge in [-0.15, -0.1) is 0 Å². The van der Waals surface area contributed by atoms with E-state index in [2.05, 4.69) is 21.9 Å². The van der Waals surface area contributed by atoms with Gasteiger partial charge in [0.1, 0.15) is 18.5 Å². The van der Waals surface area contributed by atoms with Crippen molar-refractivity contribution in [3.8, 4) is 5.75 Å². The molecule has 0 spiro atoms. The molecule has 5 nitrogen and oxygen atoms in total. The number of fused-ring (bicyclic) bond motifs is 1. The molecule has 0 bridgehead atoms. The molecule has 2 N–H and O–H groups in total. The monoisotopic (exact) mass is 330 g/mol. The zero-order valence-corrected chi connectivity index (χ0v) is 14.0. The first-order chi connectivity index (χ1) is 11.7. The highest BCUT2D eigenvalue weighted by molar-refractivity contribution is 5.83. The minimum atomic E-state index is -0.499. The van der Waals surface area contributed by atoms with Crippen LogP contribution in [0.3, 0.4) is 0 Å². The summed E-state index contributed by atoms with van der Waals surface area (Å²) in [4.78, 5) is 4.50. The summed E-state index contributed by atoms with van der Waals surface area (Å²) in [6.07, 6.45) is -0.499. The van der Waals surface area contributed by atoms with E-state index in [4.69, 9.17) is 9.84 Å². The number of β-amino-alcohol motifs (C(OH)–C–C–N with tert-alkyl or cyclic N) is 2. The third-order valence-electron chi connectivity index (χ3n) is 4.51. The fourth-order valence-electron chi connectivity index (χ4n) is 3.14. The Labute approximate surface area is 143 Å². The second-order valence-electron chi connectivity index (χ2n) is 6.34. The molecule has 0 amide bonds. The maximum atomic E-state index is 10.2. The minimum Gasteiger partial charge on any atom is -0.491 e. The van der Waals surface area contributed by atoms with Crippen molar-refractivity contribution in [2.75, 3.05) is 52.5 Å². The summed E-state index contributed by atoms with van der Waals surface area (Å²) in [5.41, 5.74) is 0. The van der Waals surface area contributed by atoms with Crippen molar-refractivity contribution < 1.29 is 14.9 Å². The number of piperazine rings is 1. The molecule has 24 heavy (non-hydrogen) atoms. The average molecular weight is 330 g/mol. The number of benzene rings is 2. The van der Waals surface area contributed by atoms with Crippen LogP contribution in [-0.4, -0.2) is 78.6 Å². The molecule has 0 unspecified atom stereocenters. The summed E-state index contributed by atoms with van der Waals surface area (Å²) in [5, 5.41) is 21.5. The van der Waals surface area contributed by atoms with Gasteiger partial charge in [0.2, 0.25) is 0 Å². The Bertz CT molecular complexity index is 641. The molecule has 5 heteroatoms. The van der Waals surface area contributed by atoms with E-state index in [9.17, 15) is 5.11 Å². The van der Waals surface area contributed by atoms with Gasteiger partial charge in [0.25, 0.3) is 0 Å². The smallest absolute Gasteiger partial charge is 0.120 e. The summed E-state index contributed by atoms with van der Waals surface area (Å²) < 4.78 is 5.76. The maximum Gasteiger partial charge on any atom is 0.120 e. The number of ether oxygens (including phenoxy) is 1. The summed E-state index contributed by atoms with van der Waals surface area (Å²) in [5.74, 6) is 0.792. The van der Waals surface area contributed by atoms with Crippen LogP contribution in [0, 0.1) is 0 Å². The van der Waals surface area contributed by atoms with Crippen molar-refractivity contribution in [3.63, 3.8) is 0 Å². The quantitative estimate of drug-likeness (QED) is 0.799. The molecule has 1 saturated heterocycles. The SMILES string of the molecule is OCCN1CCN(C[C@H](O)COc2ccc3ccccc3c2)CC1. The Morgan fingerprint density at radius 3 is 2.42 bits per heavy atom. The molecule has 1 fully saturated rings. The van der Waals surface area contributed by atoms with Gasteiger partial charge in [-0.3, -0.25) is 9.80 Å². The van der Waals surface area contributed by atoms with Crippen LogP contribution in [0.2, 0.25) is 0 Å². The van der Waals surface area contributed by atoms with Crippen LogP contribution >= 0.6 is 0 Å². The van der Waals surface area contributed by atoms with Crippen molar-refractivity contribution in [1.29, 1.82) is 0 Å². The molecular weight excluding hydrogens is 304 g/mol. The lowest BCUT2D eigenvalue weighted by atomic mass is 10.1. The molecule has 2 aromatic carbocycles. The summed E-state index contributed by atoms with van der Waals surface area (Å²) >= 11 is 0. The molecule has 1 aliphatic rings. The fraction of sp³-hybridized carbons (Fsp3) is 0.474. The number of nitrogens with zero attached hydrogens (tertiary/aromatic N) is 2. The summed E-state index contributed by atoms with van der Waals surface area (Å²) in [6.45, 7) is 5.61. The van der Waals surface area contributed by atoms with Gasteiger partial charge >= 0.3 is 0 Å². The first-order valence-electron chi connectivity index (χ1n) is 8.60. The molecule has 1 aliphatic heterocycles. The first kappa shape index (κ1) is 17.2. The van der Waals surface area contributed by atoms with Crippen LogP contribution in [-0.2, 0) is 0 Å². The third-order valence-corrected chi connectivity index (χ3v) is 4.51. The molecule has 0 aromatic heterocycles. The predicted octanol–water partition coefficient (Wildman–Crippen LogP) is 1.19. The standard InChI is InChI=1S/C19H26N2O3/c22-12-11-20-7-9-21(10-8-20)14-18(23)15-24-19-6-5-16-3-1-2-4-17(16)13-19/h1-6,13,18,22-23H,7-12,14-15H2/t18-/m0/s1. The number of hydrogen-bond donors (Lipinski definition) is 2. The van der Waals surface area contributed by atoms with E-state index in [1.165, 1.54) is 5.39 Å². The van der Waals surface area contributed by atoms with Gasteiger partial charge < -0.3 is 14.9 Å². The number of aliphatic hydroxyl groups is 2. The van der Waals surface area contributed by atoms with Crippen LogP contribution in [0.15, 0.2) is 42.5 Å². The highest BCUT2D eigenvalue weighted by Crippen LogP contribution is 2.20. The van der Waals surface area contributed by atoms with Crippen LogP contribution in [0.5, 0.6) is 5.75 Å². The summed E-state index contributed by atoms with van der Waals surface area (Å²) in [7, 11) is 0. The zero-order chi connectivity index (χ0) is 16.8. The number of aliphatic hydroxyl groups excluding tert-OH is 2. The summed E-state index contributed by atoms with van der Waals surface area (Å²) in [6, 6.07) is 14.2. The van der Waals surface area contributed by atoms with Crippen molar-refractivity contribution in [1.82, 2.24) is 9.80 Å². The predicted molar refractivity (Wildman–Crippen MR) is 95.4 cm³/mol. The Kier molecular flexibility index (Phi) is 6.04. The fourth-order valence-corrected chi connectivity index (χ4v) is 3.14. The van der Waals surface area contributed by atoms with Gasteiger partial charge in [-0.05, 0) is 22.9 Å². The molecule has 0 saturated carbocycles. The lowest BCUT2D eigenvalue weighted by molar-refractivity contribution is 0.0429. The number of rotatable bonds is 7. The van der Waals surface area contributed by atoms with E-state index in [0.717, 1.165) is 43.9 Å². The van der Waals surface area contributed by atoms with E-state index >= 15 is 0 Å². The molecule has 0 aliphatic carbocycles. The third kappa shape index (κ3) is 4.68. The van der Waals surface area contributed by atoms with Crippen molar-refractivity contribution >= 4 is 10.8 Å². The number of hydrogen-bond acceptors (Lipinski definition) is 5. The van der Waals surface area contributed by atoms with Gasteiger partial charge in [-0.1, -0.05) is 30.3 Å². The lowest BCUT2D eigenvalue weighted by Crippen LogP contribution is -2.49. The van der Waals surface area contributed by atoms with Crippen molar-refractivity contribution in [3.05, 3.63) is 42.5 Å². The molecular formula is C19H26N2O3. The van der Waals surface area contributed by atoms with Crippen LogP contribution in [0.25, 0.3) is 10.8 Å². The molecule has 2 aromatic rings. The largest absolute Gasteiger partial charge is 0.491 e. The first-order valence-corrected chi connectivity index (χ1v) is 8.60. The maximum absolute atomic E-state index is 10.2. The normalized spacial score (nSPS) is 17.9. The van der Waals surface area contributed by atoms with Crippen molar-refractivity contribution in [2.24, 2.45) is 0 Å². The Balaban J connectivity index is 1.44. The van der Waals surface area contributed by atoms with Crippen LogP contribution < -0.4 is 4.74 Å². The van der Waals surface area contributed by atoms with Crippen LogP contribution in [0.4, 0.5) is 0 Å². The van der Waals surface area contributed by atoms with E-state index in [1.54, 1.807) is 0 Å². The van der Waals surface area contributed by atoms with Crippen molar-refractivity contribution in [2.45, 2.75) is 6.10 Å². The highest BCUT2D eigenvalue weighted by Gasteiger charge is 2.19. The average Bonchev–Trinajstić information content (AvgIpc) is 2.62. The second kappa shape index (κ2) is 8.44. The molecule has 1 atom stereocenters.